The molecule has 21 heavy (non-hydrogen) atoms. The second-order valence-corrected chi connectivity index (χ2v) is 6.27. The zero-order valence-corrected chi connectivity index (χ0v) is 13.4. The summed E-state index contributed by atoms with van der Waals surface area (Å²) in [6.45, 7) is 2.69. The number of amides is 1. The van der Waals surface area contributed by atoms with Crippen LogP contribution in [-0.4, -0.2) is 12.5 Å². The third-order valence-corrected chi connectivity index (χ3v) is 4.46. The first kappa shape index (κ1) is 14.1. The van der Waals surface area contributed by atoms with Crippen LogP contribution in [0.2, 0.25) is 0 Å². The van der Waals surface area contributed by atoms with Crippen molar-refractivity contribution in [1.82, 2.24) is 0 Å². The molecule has 1 unspecified atom stereocenters. The summed E-state index contributed by atoms with van der Waals surface area (Å²) >= 11 is 3.48. The Kier molecular flexibility index (Phi) is 3.97. The molecule has 2 N–H and O–H groups in total. The van der Waals surface area contributed by atoms with E-state index in [-0.39, 0.29) is 11.8 Å². The van der Waals surface area contributed by atoms with Gasteiger partial charge in [-0.1, -0.05) is 24.3 Å². The Morgan fingerprint density at radius 1 is 1.29 bits per heavy atom. The Hall–Kier alpha value is -1.81. The molecule has 0 aliphatic carbocycles. The number of carbonyl (C=O) groups is 1. The average Bonchev–Trinajstić information content (AvgIpc) is 2.50. The zero-order valence-electron chi connectivity index (χ0n) is 11.8. The molecule has 0 aromatic heterocycles. The van der Waals surface area contributed by atoms with Crippen molar-refractivity contribution in [2.24, 2.45) is 5.92 Å². The number of fused-ring (bicyclic) bond motifs is 1. The summed E-state index contributed by atoms with van der Waals surface area (Å²) in [4.78, 5) is 12.5. The molecule has 2 aromatic rings. The van der Waals surface area contributed by atoms with Crippen molar-refractivity contribution in [2.45, 2.75) is 13.3 Å². The van der Waals surface area contributed by atoms with Crippen molar-refractivity contribution < 1.29 is 4.79 Å². The van der Waals surface area contributed by atoms with Gasteiger partial charge in [-0.3, -0.25) is 4.79 Å². The van der Waals surface area contributed by atoms with Crippen molar-refractivity contribution >= 4 is 33.2 Å². The average molecular weight is 345 g/mol. The maximum atomic E-state index is 12.5. The van der Waals surface area contributed by atoms with Crippen LogP contribution in [0.15, 0.2) is 46.9 Å². The van der Waals surface area contributed by atoms with Crippen LogP contribution in [0.3, 0.4) is 0 Å². The lowest BCUT2D eigenvalue weighted by atomic mass is 9.93. The highest BCUT2D eigenvalue weighted by Crippen LogP contribution is 2.27. The second-order valence-electron chi connectivity index (χ2n) is 5.41. The minimum absolute atomic E-state index is 0.0488. The minimum Gasteiger partial charge on any atom is -0.384 e. The van der Waals surface area contributed by atoms with Gasteiger partial charge in [0.2, 0.25) is 5.91 Å². The van der Waals surface area contributed by atoms with Gasteiger partial charge < -0.3 is 10.6 Å². The molecular weight excluding hydrogens is 328 g/mol. The SMILES string of the molecule is Cc1ccc(Br)c(NC(=O)C2CNc3ccccc3C2)c1. The first-order chi connectivity index (χ1) is 10.1. The number of hydrogen-bond acceptors (Lipinski definition) is 2. The molecule has 108 valence electrons. The van der Waals surface area contributed by atoms with E-state index in [0.29, 0.717) is 6.54 Å². The van der Waals surface area contributed by atoms with Gasteiger partial charge in [-0.25, -0.2) is 0 Å². The molecule has 0 saturated carbocycles. The smallest absolute Gasteiger partial charge is 0.229 e. The monoisotopic (exact) mass is 344 g/mol. The van der Waals surface area contributed by atoms with Crippen LogP contribution >= 0.6 is 15.9 Å². The van der Waals surface area contributed by atoms with E-state index in [1.165, 1.54) is 5.56 Å². The number of aryl methyl sites for hydroxylation is 1. The van der Waals surface area contributed by atoms with E-state index < -0.39 is 0 Å². The molecule has 0 spiro atoms. The van der Waals surface area contributed by atoms with Gasteiger partial charge in [0.15, 0.2) is 0 Å². The van der Waals surface area contributed by atoms with E-state index in [1.54, 1.807) is 0 Å². The van der Waals surface area contributed by atoms with Crippen molar-refractivity contribution in [2.75, 3.05) is 17.2 Å². The Balaban J connectivity index is 1.74. The summed E-state index contributed by atoms with van der Waals surface area (Å²) < 4.78 is 0.908. The molecule has 2 aromatic carbocycles. The Morgan fingerprint density at radius 2 is 2.10 bits per heavy atom. The molecule has 1 atom stereocenters. The topological polar surface area (TPSA) is 41.1 Å². The predicted molar refractivity (Wildman–Crippen MR) is 89.6 cm³/mol. The number of carbonyl (C=O) groups excluding carboxylic acids is 1. The summed E-state index contributed by atoms with van der Waals surface area (Å²) in [5.41, 5.74) is 4.30. The van der Waals surface area contributed by atoms with Crippen LogP contribution in [0.25, 0.3) is 0 Å². The molecule has 3 nitrogen and oxygen atoms in total. The van der Waals surface area contributed by atoms with Crippen molar-refractivity contribution in [3.63, 3.8) is 0 Å². The lowest BCUT2D eigenvalue weighted by molar-refractivity contribution is -0.119. The van der Waals surface area contributed by atoms with Gasteiger partial charge in [0.1, 0.15) is 0 Å². The predicted octanol–water partition coefficient (Wildman–Crippen LogP) is 3.98. The fraction of sp³-hybridized carbons (Fsp3) is 0.235. The molecule has 3 rings (SSSR count). The van der Waals surface area contributed by atoms with Gasteiger partial charge in [-0.2, -0.15) is 0 Å². The molecule has 1 aliphatic heterocycles. The third-order valence-electron chi connectivity index (χ3n) is 3.77. The highest BCUT2D eigenvalue weighted by atomic mass is 79.9. The molecule has 1 amide bonds. The van der Waals surface area contributed by atoms with Gasteiger partial charge in [-0.05, 0) is 58.6 Å². The van der Waals surface area contributed by atoms with Crippen LogP contribution in [-0.2, 0) is 11.2 Å². The van der Waals surface area contributed by atoms with E-state index >= 15 is 0 Å². The minimum atomic E-state index is -0.0488. The number of para-hydroxylation sites is 1. The largest absolute Gasteiger partial charge is 0.384 e. The van der Waals surface area contributed by atoms with E-state index in [4.69, 9.17) is 0 Å². The molecular formula is C17H17BrN2O. The standard InChI is InChI=1S/C17H17BrN2O/c1-11-6-7-14(18)16(8-11)20-17(21)13-9-12-4-2-3-5-15(12)19-10-13/h2-8,13,19H,9-10H2,1H3,(H,20,21). The lowest BCUT2D eigenvalue weighted by Gasteiger charge is -2.25. The normalized spacial score (nSPS) is 16.8. The van der Waals surface area contributed by atoms with E-state index in [9.17, 15) is 4.79 Å². The van der Waals surface area contributed by atoms with Gasteiger partial charge in [-0.15, -0.1) is 0 Å². The first-order valence-corrected chi connectivity index (χ1v) is 7.81. The van der Waals surface area contributed by atoms with Gasteiger partial charge in [0.25, 0.3) is 0 Å². The summed E-state index contributed by atoms with van der Waals surface area (Å²) in [6.07, 6.45) is 0.776. The third kappa shape index (κ3) is 3.10. The quantitative estimate of drug-likeness (QED) is 0.864. The first-order valence-electron chi connectivity index (χ1n) is 7.02. The number of benzene rings is 2. The van der Waals surface area contributed by atoms with Crippen LogP contribution in [0.1, 0.15) is 11.1 Å². The molecule has 1 aliphatic rings. The number of rotatable bonds is 2. The van der Waals surface area contributed by atoms with Gasteiger partial charge in [0, 0.05) is 16.7 Å². The van der Waals surface area contributed by atoms with Gasteiger partial charge >= 0.3 is 0 Å². The Morgan fingerprint density at radius 3 is 2.95 bits per heavy atom. The van der Waals surface area contributed by atoms with Crippen LogP contribution in [0.5, 0.6) is 0 Å². The Bertz CT molecular complexity index is 684. The molecule has 0 fully saturated rings. The maximum absolute atomic E-state index is 12.5. The zero-order chi connectivity index (χ0) is 14.8. The lowest BCUT2D eigenvalue weighted by Crippen LogP contribution is -2.33. The Labute approximate surface area is 132 Å². The highest BCUT2D eigenvalue weighted by Gasteiger charge is 2.24. The maximum Gasteiger partial charge on any atom is 0.229 e. The van der Waals surface area contributed by atoms with Crippen LogP contribution in [0, 0.1) is 12.8 Å². The number of anilines is 2. The summed E-state index contributed by atoms with van der Waals surface area (Å²) in [7, 11) is 0. The number of nitrogens with one attached hydrogen (secondary N) is 2. The number of halogens is 1. The van der Waals surface area contributed by atoms with Crippen molar-refractivity contribution in [1.29, 1.82) is 0 Å². The summed E-state index contributed by atoms with van der Waals surface area (Å²) in [5.74, 6) is 0.00983. The van der Waals surface area contributed by atoms with Crippen LogP contribution in [0.4, 0.5) is 11.4 Å². The van der Waals surface area contributed by atoms with Crippen molar-refractivity contribution in [3.8, 4) is 0 Å². The van der Waals surface area contributed by atoms with Crippen molar-refractivity contribution in [3.05, 3.63) is 58.1 Å². The molecule has 1 heterocycles. The highest BCUT2D eigenvalue weighted by molar-refractivity contribution is 9.10. The van der Waals surface area contributed by atoms with E-state index in [0.717, 1.165) is 27.8 Å². The van der Waals surface area contributed by atoms with E-state index in [1.807, 2.05) is 37.3 Å². The van der Waals surface area contributed by atoms with Crippen LogP contribution < -0.4 is 10.6 Å². The molecule has 0 bridgehead atoms. The molecule has 4 heteroatoms. The molecule has 0 saturated heterocycles. The van der Waals surface area contributed by atoms with Gasteiger partial charge in [0.05, 0.1) is 11.6 Å². The van der Waals surface area contributed by atoms with E-state index in [2.05, 4.69) is 38.7 Å². The fourth-order valence-electron chi connectivity index (χ4n) is 2.60. The summed E-state index contributed by atoms with van der Waals surface area (Å²) in [5, 5.41) is 6.36. The number of hydrogen-bond donors (Lipinski definition) is 2. The molecule has 0 radical (unpaired) electrons. The second kappa shape index (κ2) is 5.90. The fourth-order valence-corrected chi connectivity index (χ4v) is 2.94. The summed E-state index contributed by atoms with van der Waals surface area (Å²) in [6, 6.07) is 14.1.